The highest BCUT2D eigenvalue weighted by atomic mass is 16.3. The molecule has 0 saturated carbocycles. The minimum absolute atomic E-state index is 0.0409. The Morgan fingerprint density at radius 2 is 1.75 bits per heavy atom. The fourth-order valence-corrected chi connectivity index (χ4v) is 3.01. The van der Waals surface area contributed by atoms with E-state index in [1.807, 2.05) is 19.9 Å². The maximum absolute atomic E-state index is 12.2. The number of phenolic OH excluding ortho intramolecular Hbond substituents is 1. The summed E-state index contributed by atoms with van der Waals surface area (Å²) in [5, 5.41) is 13.7. The number of rotatable bonds is 4. The first-order valence-corrected chi connectivity index (χ1v) is 8.63. The largest absolute Gasteiger partial charge is 0.507 e. The van der Waals surface area contributed by atoms with Crippen molar-refractivity contribution in [3.8, 4) is 5.75 Å². The highest BCUT2D eigenvalue weighted by Gasteiger charge is 2.29. The van der Waals surface area contributed by atoms with E-state index in [1.165, 1.54) is 0 Å². The molecular formula is C20H34N2O2. The second kappa shape index (κ2) is 7.14. The molecule has 1 aromatic carbocycles. The van der Waals surface area contributed by atoms with Gasteiger partial charge < -0.3 is 16.2 Å². The first kappa shape index (κ1) is 20.5. The third-order valence-electron chi connectivity index (χ3n) is 4.20. The van der Waals surface area contributed by atoms with Crippen molar-refractivity contribution in [2.75, 3.05) is 6.54 Å². The van der Waals surface area contributed by atoms with E-state index in [1.54, 1.807) is 0 Å². The van der Waals surface area contributed by atoms with E-state index >= 15 is 0 Å². The van der Waals surface area contributed by atoms with Crippen molar-refractivity contribution in [1.29, 1.82) is 0 Å². The average Bonchev–Trinajstić information content (AvgIpc) is 2.36. The predicted octanol–water partition coefficient (Wildman–Crippen LogP) is 3.30. The normalized spacial score (nSPS) is 13.7. The molecular weight excluding hydrogens is 300 g/mol. The molecule has 1 aromatic rings. The van der Waals surface area contributed by atoms with Crippen molar-refractivity contribution >= 4 is 5.91 Å². The Morgan fingerprint density at radius 3 is 2.17 bits per heavy atom. The summed E-state index contributed by atoms with van der Waals surface area (Å²) in [6.07, 6.45) is 0.297. The van der Waals surface area contributed by atoms with Gasteiger partial charge >= 0.3 is 0 Å². The third-order valence-corrected chi connectivity index (χ3v) is 4.20. The molecule has 1 amide bonds. The number of amides is 1. The van der Waals surface area contributed by atoms with Crippen LogP contribution in [-0.4, -0.2) is 23.6 Å². The van der Waals surface area contributed by atoms with Crippen LogP contribution in [0.4, 0.5) is 0 Å². The second-order valence-corrected chi connectivity index (χ2v) is 8.89. The molecule has 4 nitrogen and oxygen atoms in total. The molecule has 4 N–H and O–H groups in total. The monoisotopic (exact) mass is 334 g/mol. The smallest absolute Gasteiger partial charge is 0.224 e. The van der Waals surface area contributed by atoms with Crippen LogP contribution in [0.25, 0.3) is 0 Å². The lowest BCUT2D eigenvalue weighted by Gasteiger charge is -2.30. The van der Waals surface area contributed by atoms with Crippen molar-refractivity contribution in [3.05, 3.63) is 28.3 Å². The van der Waals surface area contributed by atoms with E-state index in [4.69, 9.17) is 5.73 Å². The summed E-state index contributed by atoms with van der Waals surface area (Å²) in [6, 6.07) is 1.91. The van der Waals surface area contributed by atoms with Crippen molar-refractivity contribution in [2.24, 2.45) is 5.73 Å². The van der Waals surface area contributed by atoms with Crippen LogP contribution >= 0.6 is 0 Å². The molecule has 4 heteroatoms. The van der Waals surface area contributed by atoms with Gasteiger partial charge in [-0.3, -0.25) is 4.79 Å². The Labute approximate surface area is 146 Å². The number of hydrogen-bond acceptors (Lipinski definition) is 3. The zero-order valence-electron chi connectivity index (χ0n) is 16.5. The number of nitrogens with one attached hydrogen (secondary N) is 1. The zero-order valence-corrected chi connectivity index (χ0v) is 16.5. The first-order chi connectivity index (χ1) is 10.7. The van der Waals surface area contributed by atoms with Crippen LogP contribution in [0, 0.1) is 6.92 Å². The molecule has 136 valence electrons. The Bertz CT molecular complexity index is 606. The summed E-state index contributed by atoms with van der Waals surface area (Å²) in [5.74, 6) is 0.313. The highest BCUT2D eigenvalue weighted by molar-refractivity contribution is 5.79. The van der Waals surface area contributed by atoms with E-state index in [-0.39, 0.29) is 22.8 Å². The molecule has 0 spiro atoms. The summed E-state index contributed by atoms with van der Waals surface area (Å²) < 4.78 is 0. The molecule has 24 heavy (non-hydrogen) atoms. The van der Waals surface area contributed by atoms with Crippen LogP contribution in [0.5, 0.6) is 5.75 Å². The number of carbonyl (C=O) groups is 1. The molecule has 1 atom stereocenters. The summed E-state index contributed by atoms with van der Waals surface area (Å²) >= 11 is 0. The number of carbonyl (C=O) groups excluding carboxylic acids is 1. The molecule has 1 unspecified atom stereocenters. The van der Waals surface area contributed by atoms with Crippen LogP contribution in [0.3, 0.4) is 0 Å². The number of benzene rings is 1. The summed E-state index contributed by atoms with van der Waals surface area (Å²) in [4.78, 5) is 12.2. The molecule has 0 aliphatic rings. The van der Waals surface area contributed by atoms with E-state index in [9.17, 15) is 9.90 Å². The molecule has 0 heterocycles. The van der Waals surface area contributed by atoms with Gasteiger partial charge in [-0.1, -0.05) is 47.6 Å². The Hall–Kier alpha value is -1.55. The SMILES string of the molecule is Cc1c(CC(=O)NCC(C)N)cc(C(C)(C)C)c(O)c1C(C)(C)C. The van der Waals surface area contributed by atoms with Crippen LogP contribution in [0.2, 0.25) is 0 Å². The maximum Gasteiger partial charge on any atom is 0.224 e. The van der Waals surface area contributed by atoms with Crippen molar-refractivity contribution in [2.45, 2.75) is 78.7 Å². The first-order valence-electron chi connectivity index (χ1n) is 8.63. The van der Waals surface area contributed by atoms with Gasteiger partial charge in [0.2, 0.25) is 5.91 Å². The molecule has 0 aliphatic carbocycles. The van der Waals surface area contributed by atoms with Gasteiger partial charge in [0, 0.05) is 18.2 Å². The van der Waals surface area contributed by atoms with Crippen LogP contribution in [-0.2, 0) is 22.0 Å². The Balaban J connectivity index is 3.38. The number of aromatic hydroxyl groups is 1. The third kappa shape index (κ3) is 4.97. The number of hydrogen-bond donors (Lipinski definition) is 3. The van der Waals surface area contributed by atoms with Gasteiger partial charge in [-0.05, 0) is 41.4 Å². The summed E-state index contributed by atoms with van der Waals surface area (Å²) in [5.41, 5.74) is 9.05. The molecule has 0 radical (unpaired) electrons. The molecule has 0 fully saturated rings. The molecule has 1 rings (SSSR count). The fourth-order valence-electron chi connectivity index (χ4n) is 3.01. The predicted molar refractivity (Wildman–Crippen MR) is 101 cm³/mol. The lowest BCUT2D eigenvalue weighted by atomic mass is 9.75. The van der Waals surface area contributed by atoms with Crippen LogP contribution < -0.4 is 11.1 Å². The standard InChI is InChI=1S/C20H34N2O2/c1-12(21)11-22-16(23)10-14-9-15(19(3,4)5)18(24)17(13(14)2)20(6,7)8/h9,12,24H,10-11,21H2,1-8H3,(H,22,23). The van der Waals surface area contributed by atoms with Gasteiger partial charge in [0.05, 0.1) is 6.42 Å². The van der Waals surface area contributed by atoms with E-state index in [0.29, 0.717) is 18.7 Å². The minimum atomic E-state index is -0.202. The lowest BCUT2D eigenvalue weighted by molar-refractivity contribution is -0.120. The van der Waals surface area contributed by atoms with E-state index in [0.717, 1.165) is 22.3 Å². The van der Waals surface area contributed by atoms with Gasteiger partial charge in [-0.25, -0.2) is 0 Å². The molecule has 0 saturated heterocycles. The second-order valence-electron chi connectivity index (χ2n) is 8.89. The van der Waals surface area contributed by atoms with Gasteiger partial charge in [-0.2, -0.15) is 0 Å². The van der Waals surface area contributed by atoms with Gasteiger partial charge in [0.25, 0.3) is 0 Å². The van der Waals surface area contributed by atoms with Gasteiger partial charge in [0.1, 0.15) is 5.75 Å². The molecule has 0 aliphatic heterocycles. The number of phenols is 1. The molecule has 0 bridgehead atoms. The highest BCUT2D eigenvalue weighted by Crippen LogP contribution is 2.42. The fraction of sp³-hybridized carbons (Fsp3) is 0.650. The van der Waals surface area contributed by atoms with Crippen molar-refractivity contribution < 1.29 is 9.90 Å². The summed E-state index contributed by atoms with van der Waals surface area (Å²) in [6.45, 7) is 16.8. The van der Waals surface area contributed by atoms with Crippen LogP contribution in [0.1, 0.15) is 70.7 Å². The van der Waals surface area contributed by atoms with E-state index < -0.39 is 0 Å². The Kier molecular flexibility index (Phi) is 6.10. The quantitative estimate of drug-likeness (QED) is 0.791. The Morgan fingerprint density at radius 1 is 1.21 bits per heavy atom. The maximum atomic E-state index is 12.2. The lowest BCUT2D eigenvalue weighted by Crippen LogP contribution is -2.36. The summed E-state index contributed by atoms with van der Waals surface area (Å²) in [7, 11) is 0. The topological polar surface area (TPSA) is 75.4 Å². The van der Waals surface area contributed by atoms with Crippen molar-refractivity contribution in [3.63, 3.8) is 0 Å². The molecule has 0 aromatic heterocycles. The zero-order chi connectivity index (χ0) is 18.9. The van der Waals surface area contributed by atoms with Crippen molar-refractivity contribution in [1.82, 2.24) is 5.32 Å². The minimum Gasteiger partial charge on any atom is -0.507 e. The van der Waals surface area contributed by atoms with Gasteiger partial charge in [0.15, 0.2) is 0 Å². The number of nitrogens with two attached hydrogens (primary N) is 1. The van der Waals surface area contributed by atoms with Gasteiger partial charge in [-0.15, -0.1) is 0 Å². The van der Waals surface area contributed by atoms with Crippen LogP contribution in [0.15, 0.2) is 6.07 Å². The average molecular weight is 335 g/mol. The van der Waals surface area contributed by atoms with E-state index in [2.05, 4.69) is 46.9 Å².